The van der Waals surface area contributed by atoms with E-state index < -0.39 is 19.9 Å². The van der Waals surface area contributed by atoms with Crippen molar-refractivity contribution in [3.63, 3.8) is 0 Å². The number of aromatic nitrogens is 5. The van der Waals surface area contributed by atoms with Crippen LogP contribution in [0.25, 0.3) is 33.3 Å². The van der Waals surface area contributed by atoms with Crippen LogP contribution in [0.4, 0.5) is 0 Å². The normalized spacial score (nSPS) is 17.0. The van der Waals surface area contributed by atoms with Crippen molar-refractivity contribution >= 4 is 41.8 Å². The van der Waals surface area contributed by atoms with Gasteiger partial charge >= 0.3 is 0 Å². The minimum atomic E-state index is -3.70. The lowest BCUT2D eigenvalue weighted by Gasteiger charge is -2.31. The van der Waals surface area contributed by atoms with Crippen molar-refractivity contribution in [1.29, 1.82) is 0 Å². The Morgan fingerprint density at radius 1 is 0.867 bits per heavy atom. The Morgan fingerprint density at radius 2 is 1.63 bits per heavy atom. The maximum atomic E-state index is 13.3. The molecule has 320 valence electrons. The molecule has 14 nitrogen and oxygen atoms in total. The van der Waals surface area contributed by atoms with E-state index in [-0.39, 0.29) is 22.0 Å². The molecule has 0 spiro atoms. The predicted molar refractivity (Wildman–Crippen MR) is 236 cm³/mol. The summed E-state index contributed by atoms with van der Waals surface area (Å²) in [4.78, 5) is 28.9. The molecule has 3 aromatic carbocycles. The Morgan fingerprint density at radius 3 is 2.33 bits per heavy atom. The highest BCUT2D eigenvalue weighted by Gasteiger charge is 2.29. The van der Waals surface area contributed by atoms with Gasteiger partial charge in [0.15, 0.2) is 15.4 Å². The van der Waals surface area contributed by atoms with Gasteiger partial charge in [0.1, 0.15) is 17.1 Å². The van der Waals surface area contributed by atoms with Gasteiger partial charge in [-0.05, 0) is 113 Å². The van der Waals surface area contributed by atoms with Crippen LogP contribution < -0.4 is 10.3 Å². The number of benzene rings is 3. The number of sulfonamides is 1. The fraction of sp³-hybridized carbons (Fsp3) is 0.432. The van der Waals surface area contributed by atoms with Crippen molar-refractivity contribution in [1.82, 2.24) is 38.8 Å². The summed E-state index contributed by atoms with van der Waals surface area (Å²) in [6.45, 7) is 7.66. The monoisotopic (exact) mass is 856 g/mol. The van der Waals surface area contributed by atoms with Crippen LogP contribution in [0.1, 0.15) is 49.9 Å². The largest absolute Gasteiger partial charge is 0.493 e. The zero-order valence-electron chi connectivity index (χ0n) is 35.1. The van der Waals surface area contributed by atoms with E-state index in [9.17, 15) is 21.6 Å². The zero-order chi connectivity index (χ0) is 42.6. The minimum absolute atomic E-state index is 0.133. The Balaban J connectivity index is 0.000000185. The molecule has 16 heteroatoms. The Bertz CT molecular complexity index is 2720. The van der Waals surface area contributed by atoms with Gasteiger partial charge in [-0.2, -0.15) is 9.40 Å². The average Bonchev–Trinajstić information content (AvgIpc) is 3.94. The first-order valence-electron chi connectivity index (χ1n) is 20.8. The van der Waals surface area contributed by atoms with Gasteiger partial charge < -0.3 is 24.5 Å². The lowest BCUT2D eigenvalue weighted by Crippen LogP contribution is -2.47. The van der Waals surface area contributed by atoms with Crippen LogP contribution in [0.5, 0.6) is 5.75 Å². The number of hydrogen-bond donors (Lipinski definition) is 2. The topological polar surface area (TPSA) is 167 Å². The van der Waals surface area contributed by atoms with E-state index in [2.05, 4.69) is 50.2 Å². The molecule has 0 radical (unpaired) electrons. The van der Waals surface area contributed by atoms with Crippen LogP contribution in [0.3, 0.4) is 0 Å². The van der Waals surface area contributed by atoms with Gasteiger partial charge in [-0.3, -0.25) is 9.48 Å². The number of nitrogens with zero attached hydrogens (tertiary/aromatic N) is 6. The van der Waals surface area contributed by atoms with Gasteiger partial charge in [-0.1, -0.05) is 37.6 Å². The molecule has 0 saturated carbocycles. The zero-order valence-corrected chi connectivity index (χ0v) is 36.8. The van der Waals surface area contributed by atoms with E-state index >= 15 is 0 Å². The van der Waals surface area contributed by atoms with E-state index in [0.29, 0.717) is 78.9 Å². The molecule has 2 aliphatic heterocycles. The molecule has 2 N–H and O–H groups in total. The molecule has 5 heterocycles. The Labute approximate surface area is 352 Å². The number of hydrogen-bond acceptors (Lipinski definition) is 10. The molecule has 60 heavy (non-hydrogen) atoms. The van der Waals surface area contributed by atoms with Gasteiger partial charge in [0.25, 0.3) is 5.56 Å². The lowest BCUT2D eigenvalue weighted by atomic mass is 10.0. The fourth-order valence-corrected chi connectivity index (χ4v) is 10.9. The minimum Gasteiger partial charge on any atom is -0.493 e. The lowest BCUT2D eigenvalue weighted by molar-refractivity contribution is 0.222. The molecular weight excluding hydrogens is 801 g/mol. The first-order chi connectivity index (χ1) is 28.8. The number of nitrogens with one attached hydrogen (secondary N) is 2. The molecule has 3 aromatic heterocycles. The summed E-state index contributed by atoms with van der Waals surface area (Å²) in [5.74, 6) is 0.850. The van der Waals surface area contributed by atoms with Crippen molar-refractivity contribution in [3.05, 3.63) is 100 Å². The Kier molecular flexibility index (Phi) is 13.3. The van der Waals surface area contributed by atoms with Gasteiger partial charge in [-0.25, -0.2) is 21.8 Å². The van der Waals surface area contributed by atoms with E-state index in [1.54, 1.807) is 49.5 Å². The highest BCUT2D eigenvalue weighted by Crippen LogP contribution is 2.33. The molecule has 1 atom stereocenters. The predicted octanol–water partition coefficient (Wildman–Crippen LogP) is 5.43. The van der Waals surface area contributed by atoms with Crippen molar-refractivity contribution < 1.29 is 21.6 Å². The van der Waals surface area contributed by atoms with Crippen molar-refractivity contribution in [2.24, 2.45) is 7.05 Å². The summed E-state index contributed by atoms with van der Waals surface area (Å²) < 4.78 is 60.5. The summed E-state index contributed by atoms with van der Waals surface area (Å²) in [6, 6.07) is 20.3. The molecular formula is C44H56N8O6S2. The smallest absolute Gasteiger partial charge is 0.277 e. The van der Waals surface area contributed by atoms with E-state index in [4.69, 9.17) is 9.72 Å². The number of piperazine rings is 1. The van der Waals surface area contributed by atoms with E-state index in [0.717, 1.165) is 29.6 Å². The molecule has 0 bridgehead atoms. The number of ether oxygens (including phenoxy) is 1. The third kappa shape index (κ3) is 9.37. The van der Waals surface area contributed by atoms with Crippen LogP contribution in [-0.2, 0) is 46.2 Å². The average molecular weight is 857 g/mol. The molecule has 0 amide bonds. The second-order valence-corrected chi connectivity index (χ2v) is 19.8. The van der Waals surface area contributed by atoms with E-state index in [1.807, 2.05) is 33.0 Å². The molecule has 8 rings (SSSR count). The van der Waals surface area contributed by atoms with Gasteiger partial charge in [0.05, 0.1) is 33.4 Å². The van der Waals surface area contributed by atoms with Crippen LogP contribution in [-0.4, -0.2) is 121 Å². The summed E-state index contributed by atoms with van der Waals surface area (Å²) in [7, 11) is -1.06. The molecule has 2 fully saturated rings. The van der Waals surface area contributed by atoms with Crippen LogP contribution >= 0.6 is 0 Å². The number of rotatable bonds is 13. The standard InChI is InChI=1S/C22H30N6O4S.C22H26N2O2S/c1-5-7-17-19-20(27(4)25-17)22(29)24-21(23-19)16-14-15(8-9-18(16)32-6-2)33(30,31)28-12-10-26(3)11-13-28;1-24-12-5-6-19(24)15-18-16-23-22-10-9-17(14-21(18)22)11-13-27(25,26)20-7-3-2-4-8-20/h8-9,14H,5-7,10-13H2,1-4H3,(H,23,24,29);2-4,7-10,14,16,19,23H,5-6,11-13,15H2,1H3/t;19-/m.1/s1. The van der Waals surface area contributed by atoms with E-state index in [1.165, 1.54) is 39.3 Å². The highest BCUT2D eigenvalue weighted by molar-refractivity contribution is 7.91. The molecule has 6 aromatic rings. The Hall–Kier alpha value is -4.87. The fourth-order valence-electron chi connectivity index (χ4n) is 8.13. The maximum absolute atomic E-state index is 13.3. The summed E-state index contributed by atoms with van der Waals surface area (Å²) in [5, 5.41) is 5.68. The molecule has 0 unspecified atom stereocenters. The second kappa shape index (κ2) is 18.4. The van der Waals surface area contributed by atoms with Gasteiger partial charge in [0.2, 0.25) is 10.0 Å². The quantitative estimate of drug-likeness (QED) is 0.153. The number of sulfone groups is 1. The molecule has 2 aliphatic rings. The number of likely N-dealkylation sites (tertiary alicyclic amines) is 1. The molecule has 2 saturated heterocycles. The summed E-state index contributed by atoms with van der Waals surface area (Å²) >= 11 is 0. The number of H-pyrrole nitrogens is 2. The van der Waals surface area contributed by atoms with Crippen LogP contribution in [0, 0.1) is 0 Å². The maximum Gasteiger partial charge on any atom is 0.277 e. The van der Waals surface area contributed by atoms with Gasteiger partial charge in [0, 0.05) is 56.4 Å². The first-order valence-corrected chi connectivity index (χ1v) is 23.9. The van der Waals surface area contributed by atoms with Crippen molar-refractivity contribution in [3.8, 4) is 17.1 Å². The third-order valence-electron chi connectivity index (χ3n) is 11.6. The van der Waals surface area contributed by atoms with Crippen LogP contribution in [0.2, 0.25) is 0 Å². The summed E-state index contributed by atoms with van der Waals surface area (Å²) in [5.41, 5.74) is 5.27. The number of aromatic amines is 2. The second-order valence-electron chi connectivity index (χ2n) is 15.8. The number of aryl methyl sites for hydroxylation is 3. The SMILES string of the molecule is CCCc1nn(C)c2c(=O)[nH]c(-c3cc(S(=O)(=O)N4CCN(C)CC4)ccc3OCC)nc12.CN1CCC[C@@H]1Cc1c[nH]c2ccc(CCS(=O)(=O)c3ccccc3)cc12. The van der Waals surface area contributed by atoms with Crippen LogP contribution in [0.15, 0.2) is 87.5 Å². The highest BCUT2D eigenvalue weighted by atomic mass is 32.2. The number of fused-ring (bicyclic) bond motifs is 2. The van der Waals surface area contributed by atoms with Gasteiger partial charge in [-0.15, -0.1) is 0 Å². The molecule has 0 aliphatic carbocycles. The summed E-state index contributed by atoms with van der Waals surface area (Å²) in [6.07, 6.45) is 7.75. The van der Waals surface area contributed by atoms with Crippen molar-refractivity contribution in [2.75, 3.05) is 59.2 Å². The first kappa shape index (κ1) is 43.2. The van der Waals surface area contributed by atoms with Crippen molar-refractivity contribution in [2.45, 2.75) is 68.2 Å². The third-order valence-corrected chi connectivity index (χ3v) is 15.2. The number of likely N-dealkylation sites (N-methyl/N-ethyl adjacent to an activating group) is 2.